The summed E-state index contributed by atoms with van der Waals surface area (Å²) in [6.45, 7) is 6.48. The first-order chi connectivity index (χ1) is 10.2. The quantitative estimate of drug-likeness (QED) is 0.789. The van der Waals surface area contributed by atoms with E-state index in [1.165, 1.54) is 24.6 Å². The Bertz CT molecular complexity index is 614. The van der Waals surface area contributed by atoms with Gasteiger partial charge in [-0.1, -0.05) is 6.92 Å². The summed E-state index contributed by atoms with van der Waals surface area (Å²) < 4.78 is 4.19. The first-order valence-electron chi connectivity index (χ1n) is 7.51. The predicted octanol–water partition coefficient (Wildman–Crippen LogP) is 2.12. The zero-order valence-corrected chi connectivity index (χ0v) is 14.3. The molecule has 116 valence electrons. The number of hydrogen-bond acceptors (Lipinski definition) is 4. The molecule has 7 heteroatoms. The van der Waals surface area contributed by atoms with Gasteiger partial charge in [-0.05, 0) is 6.42 Å². The van der Waals surface area contributed by atoms with Gasteiger partial charge in [-0.2, -0.15) is 16.9 Å². The lowest BCUT2D eigenvalue weighted by atomic mass is 10.3. The van der Waals surface area contributed by atoms with E-state index in [2.05, 4.69) is 21.5 Å². The molecule has 1 saturated heterocycles. The number of nitrogens with zero attached hydrogens (tertiary/aromatic N) is 5. The molecule has 0 bridgehead atoms. The number of imidazole rings is 1. The maximum Gasteiger partial charge on any atom is 0.158 e. The van der Waals surface area contributed by atoms with Crippen LogP contribution in [0.25, 0.3) is 11.2 Å². The summed E-state index contributed by atoms with van der Waals surface area (Å²) in [5.41, 5.74) is 3.19. The molecule has 0 amide bonds. The number of thioether (sulfide) groups is 1. The number of halogens is 1. The molecule has 0 aromatic carbocycles. The molecule has 0 radical (unpaired) electrons. The maximum absolute atomic E-state index is 6.10. The predicted molar refractivity (Wildman–Crippen MR) is 89.2 cm³/mol. The van der Waals surface area contributed by atoms with Crippen LogP contribution in [0.4, 0.5) is 0 Å². The van der Waals surface area contributed by atoms with E-state index in [-0.39, 0.29) is 0 Å². The highest BCUT2D eigenvalue weighted by molar-refractivity contribution is 7.99. The van der Waals surface area contributed by atoms with Crippen molar-refractivity contribution in [1.82, 2.24) is 24.2 Å². The first kappa shape index (κ1) is 15.2. The van der Waals surface area contributed by atoms with Crippen LogP contribution in [0, 0.1) is 0 Å². The molecule has 1 fully saturated rings. The highest BCUT2D eigenvalue weighted by Gasteiger charge is 2.19. The lowest BCUT2D eigenvalue weighted by Crippen LogP contribution is -2.35. The summed E-state index contributed by atoms with van der Waals surface area (Å²) in [5, 5.41) is 4.57. The molecule has 2 aromatic rings. The molecule has 0 unspecified atom stereocenters. The molecule has 0 spiro atoms. The van der Waals surface area contributed by atoms with Gasteiger partial charge in [-0.15, -0.1) is 11.6 Å². The van der Waals surface area contributed by atoms with Crippen molar-refractivity contribution in [2.45, 2.75) is 25.8 Å². The average molecular weight is 328 g/mol. The van der Waals surface area contributed by atoms with Crippen molar-refractivity contribution in [1.29, 1.82) is 0 Å². The lowest BCUT2D eigenvalue weighted by molar-refractivity contribution is 0.289. The Morgan fingerprint density at radius 3 is 2.67 bits per heavy atom. The van der Waals surface area contributed by atoms with E-state index in [1.807, 2.05) is 23.5 Å². The molecule has 1 aliphatic heterocycles. The van der Waals surface area contributed by atoms with Crippen molar-refractivity contribution in [3.8, 4) is 0 Å². The summed E-state index contributed by atoms with van der Waals surface area (Å²) >= 11 is 8.14. The monoisotopic (exact) mass is 327 g/mol. The summed E-state index contributed by atoms with van der Waals surface area (Å²) in [4.78, 5) is 7.24. The van der Waals surface area contributed by atoms with Gasteiger partial charge in [0.25, 0.3) is 0 Å². The second-order valence-electron chi connectivity index (χ2n) is 5.36. The smallest absolute Gasteiger partial charge is 0.158 e. The molecule has 21 heavy (non-hydrogen) atoms. The van der Waals surface area contributed by atoms with Crippen LogP contribution in [0.2, 0.25) is 0 Å². The molecule has 5 nitrogen and oxygen atoms in total. The van der Waals surface area contributed by atoms with Crippen molar-refractivity contribution >= 4 is 34.5 Å². The van der Waals surface area contributed by atoms with Gasteiger partial charge in [0.05, 0.1) is 11.6 Å². The lowest BCUT2D eigenvalue weighted by Gasteiger charge is -2.26. The summed E-state index contributed by atoms with van der Waals surface area (Å²) in [5.74, 6) is 3.90. The molecule has 3 rings (SSSR count). The minimum atomic E-state index is 0.452. The number of aryl methyl sites for hydroxylation is 2. The van der Waals surface area contributed by atoms with Crippen LogP contribution in [-0.4, -0.2) is 55.4 Å². The SMILES string of the molecule is CCc1nn(C)c2c1nc(CCl)n2CCN1CCSCC1. The molecule has 0 aliphatic carbocycles. The fourth-order valence-electron chi connectivity index (χ4n) is 2.93. The van der Waals surface area contributed by atoms with E-state index >= 15 is 0 Å². The van der Waals surface area contributed by atoms with Crippen LogP contribution in [0.15, 0.2) is 0 Å². The van der Waals surface area contributed by atoms with Crippen molar-refractivity contribution in [2.24, 2.45) is 7.05 Å². The number of rotatable bonds is 5. The Morgan fingerprint density at radius 2 is 2.00 bits per heavy atom. The van der Waals surface area contributed by atoms with Crippen molar-refractivity contribution in [2.75, 3.05) is 31.1 Å². The first-order valence-corrected chi connectivity index (χ1v) is 9.20. The normalized spacial score (nSPS) is 16.9. The van der Waals surface area contributed by atoms with E-state index in [0.29, 0.717) is 5.88 Å². The summed E-state index contributed by atoms with van der Waals surface area (Å²) in [6, 6.07) is 0. The Morgan fingerprint density at radius 1 is 1.24 bits per heavy atom. The van der Waals surface area contributed by atoms with E-state index in [0.717, 1.165) is 42.2 Å². The van der Waals surface area contributed by atoms with E-state index < -0.39 is 0 Å². The highest BCUT2D eigenvalue weighted by atomic mass is 35.5. The molecule has 0 atom stereocenters. The van der Waals surface area contributed by atoms with Crippen molar-refractivity contribution < 1.29 is 0 Å². The van der Waals surface area contributed by atoms with Gasteiger partial charge >= 0.3 is 0 Å². The molecule has 1 aliphatic rings. The second kappa shape index (κ2) is 6.58. The van der Waals surface area contributed by atoms with Gasteiger partial charge in [-0.25, -0.2) is 4.98 Å². The molecule has 3 heterocycles. The molecule has 0 saturated carbocycles. The fraction of sp³-hybridized carbons (Fsp3) is 0.714. The van der Waals surface area contributed by atoms with Crippen molar-refractivity contribution in [3.05, 3.63) is 11.5 Å². The topological polar surface area (TPSA) is 38.9 Å². The summed E-state index contributed by atoms with van der Waals surface area (Å²) in [6.07, 6.45) is 0.902. The van der Waals surface area contributed by atoms with Crippen LogP contribution in [0.5, 0.6) is 0 Å². The second-order valence-corrected chi connectivity index (χ2v) is 6.86. The zero-order chi connectivity index (χ0) is 14.8. The van der Waals surface area contributed by atoms with Gasteiger partial charge in [0.1, 0.15) is 11.3 Å². The minimum Gasteiger partial charge on any atom is -0.311 e. The van der Waals surface area contributed by atoms with Gasteiger partial charge < -0.3 is 4.57 Å². The van der Waals surface area contributed by atoms with Crippen LogP contribution in [0.1, 0.15) is 18.4 Å². The maximum atomic E-state index is 6.10. The molecule has 0 N–H and O–H groups in total. The van der Waals surface area contributed by atoms with Crippen LogP contribution < -0.4 is 0 Å². The largest absolute Gasteiger partial charge is 0.311 e. The standard InChI is InChI=1S/C14H22ClN5S/c1-3-11-13-14(18(2)17-11)20(12(10-15)16-13)5-4-19-6-8-21-9-7-19/h3-10H2,1-2H3. The Kier molecular flexibility index (Phi) is 4.76. The molecule has 2 aromatic heterocycles. The Labute approximate surface area is 134 Å². The van der Waals surface area contributed by atoms with Crippen molar-refractivity contribution in [3.63, 3.8) is 0 Å². The van der Waals surface area contributed by atoms with Crippen LogP contribution in [0.3, 0.4) is 0 Å². The third kappa shape index (κ3) is 2.94. The van der Waals surface area contributed by atoms with Gasteiger partial charge in [0.2, 0.25) is 0 Å². The highest BCUT2D eigenvalue weighted by Crippen LogP contribution is 2.21. The van der Waals surface area contributed by atoms with E-state index in [4.69, 9.17) is 16.6 Å². The van der Waals surface area contributed by atoms with Crippen LogP contribution in [-0.2, 0) is 25.9 Å². The Hall–Kier alpha value is -0.720. The van der Waals surface area contributed by atoms with Gasteiger partial charge in [0.15, 0.2) is 5.65 Å². The van der Waals surface area contributed by atoms with Gasteiger partial charge in [0, 0.05) is 44.7 Å². The fourth-order valence-corrected chi connectivity index (χ4v) is 4.11. The van der Waals surface area contributed by atoms with E-state index in [1.54, 1.807) is 0 Å². The minimum absolute atomic E-state index is 0.452. The average Bonchev–Trinajstić information content (AvgIpc) is 3.03. The number of aromatic nitrogens is 4. The summed E-state index contributed by atoms with van der Waals surface area (Å²) in [7, 11) is 2.00. The molecular formula is C14H22ClN5S. The Balaban J connectivity index is 1.87. The number of hydrogen-bond donors (Lipinski definition) is 0. The zero-order valence-electron chi connectivity index (χ0n) is 12.7. The third-order valence-electron chi connectivity index (χ3n) is 4.07. The third-order valence-corrected chi connectivity index (χ3v) is 5.25. The van der Waals surface area contributed by atoms with E-state index in [9.17, 15) is 0 Å². The van der Waals surface area contributed by atoms with Crippen LogP contribution >= 0.6 is 23.4 Å². The van der Waals surface area contributed by atoms with Gasteiger partial charge in [-0.3, -0.25) is 9.58 Å². The number of alkyl halides is 1. The number of fused-ring (bicyclic) bond motifs is 1. The molecular weight excluding hydrogens is 306 g/mol.